The van der Waals surface area contributed by atoms with Gasteiger partial charge in [-0.25, -0.2) is 0 Å². The van der Waals surface area contributed by atoms with Crippen LogP contribution >= 0.6 is 0 Å². The predicted molar refractivity (Wildman–Crippen MR) is 95.6 cm³/mol. The minimum absolute atomic E-state index is 0.0549. The molecule has 1 aliphatic heterocycles. The SMILES string of the molecule is CC(=O)Nc1ccc(C(=O)NCC(=O)N2CCc3ccccc32)cc1. The van der Waals surface area contributed by atoms with Crippen LogP contribution in [-0.2, 0) is 16.0 Å². The summed E-state index contributed by atoms with van der Waals surface area (Å²) in [5, 5.41) is 5.29. The van der Waals surface area contributed by atoms with Crippen LogP contribution < -0.4 is 15.5 Å². The van der Waals surface area contributed by atoms with Crippen molar-refractivity contribution in [1.82, 2.24) is 5.32 Å². The number of fused-ring (bicyclic) bond motifs is 1. The number of para-hydroxylation sites is 1. The first-order valence-electron chi connectivity index (χ1n) is 8.09. The molecule has 2 aromatic carbocycles. The molecule has 0 fully saturated rings. The van der Waals surface area contributed by atoms with E-state index in [0.717, 1.165) is 17.7 Å². The molecule has 0 bridgehead atoms. The van der Waals surface area contributed by atoms with Gasteiger partial charge in [-0.2, -0.15) is 0 Å². The van der Waals surface area contributed by atoms with Gasteiger partial charge in [0.25, 0.3) is 5.91 Å². The standard InChI is InChI=1S/C19H19N3O3/c1-13(23)21-16-8-6-15(7-9-16)19(25)20-12-18(24)22-11-10-14-4-2-3-5-17(14)22/h2-9H,10-12H2,1H3,(H,20,25)(H,21,23). The van der Waals surface area contributed by atoms with Crippen LogP contribution in [0, 0.1) is 0 Å². The van der Waals surface area contributed by atoms with Gasteiger partial charge in [0.2, 0.25) is 11.8 Å². The number of rotatable bonds is 4. The van der Waals surface area contributed by atoms with Gasteiger partial charge in [0.1, 0.15) is 0 Å². The molecule has 128 valence electrons. The van der Waals surface area contributed by atoms with Crippen molar-refractivity contribution in [3.05, 3.63) is 59.7 Å². The van der Waals surface area contributed by atoms with Crippen LogP contribution in [0.5, 0.6) is 0 Å². The lowest BCUT2D eigenvalue weighted by Crippen LogP contribution is -2.39. The number of nitrogens with one attached hydrogen (secondary N) is 2. The fraction of sp³-hybridized carbons (Fsp3) is 0.211. The van der Waals surface area contributed by atoms with Crippen LogP contribution in [0.25, 0.3) is 0 Å². The monoisotopic (exact) mass is 337 g/mol. The van der Waals surface area contributed by atoms with Gasteiger partial charge in [-0.05, 0) is 42.3 Å². The molecule has 25 heavy (non-hydrogen) atoms. The Labute approximate surface area is 145 Å². The molecular formula is C19H19N3O3. The Balaban J connectivity index is 1.57. The molecule has 0 spiro atoms. The van der Waals surface area contributed by atoms with Gasteiger partial charge in [0.15, 0.2) is 0 Å². The highest BCUT2D eigenvalue weighted by atomic mass is 16.2. The molecule has 6 heteroatoms. The molecule has 0 atom stereocenters. The van der Waals surface area contributed by atoms with E-state index in [1.165, 1.54) is 6.92 Å². The van der Waals surface area contributed by atoms with Gasteiger partial charge in [0.05, 0.1) is 6.54 Å². The zero-order valence-electron chi connectivity index (χ0n) is 13.9. The third kappa shape index (κ3) is 3.85. The molecule has 1 heterocycles. The van der Waals surface area contributed by atoms with E-state index in [9.17, 15) is 14.4 Å². The van der Waals surface area contributed by atoms with E-state index in [1.807, 2.05) is 24.3 Å². The molecule has 0 aromatic heterocycles. The smallest absolute Gasteiger partial charge is 0.251 e. The summed E-state index contributed by atoms with van der Waals surface area (Å²) in [7, 11) is 0. The lowest BCUT2D eigenvalue weighted by molar-refractivity contribution is -0.117. The topological polar surface area (TPSA) is 78.5 Å². The Morgan fingerprint density at radius 3 is 2.48 bits per heavy atom. The fourth-order valence-electron chi connectivity index (χ4n) is 2.86. The first kappa shape index (κ1) is 16.7. The Bertz CT molecular complexity index is 815. The lowest BCUT2D eigenvalue weighted by atomic mass is 10.2. The summed E-state index contributed by atoms with van der Waals surface area (Å²) in [6, 6.07) is 14.3. The normalized spacial score (nSPS) is 12.4. The van der Waals surface area contributed by atoms with Crippen LogP contribution in [0.3, 0.4) is 0 Å². The summed E-state index contributed by atoms with van der Waals surface area (Å²) < 4.78 is 0. The van der Waals surface area contributed by atoms with Gasteiger partial charge in [-0.1, -0.05) is 18.2 Å². The first-order valence-corrected chi connectivity index (χ1v) is 8.09. The second kappa shape index (κ2) is 7.17. The maximum atomic E-state index is 12.4. The Hall–Kier alpha value is -3.15. The summed E-state index contributed by atoms with van der Waals surface area (Å²) in [4.78, 5) is 37.3. The van der Waals surface area contributed by atoms with E-state index >= 15 is 0 Å². The number of hydrogen-bond acceptors (Lipinski definition) is 3. The number of carbonyl (C=O) groups excluding carboxylic acids is 3. The fourth-order valence-corrected chi connectivity index (χ4v) is 2.86. The predicted octanol–water partition coefficient (Wildman–Crippen LogP) is 1.96. The van der Waals surface area contributed by atoms with E-state index in [2.05, 4.69) is 10.6 Å². The molecule has 0 saturated heterocycles. The maximum Gasteiger partial charge on any atom is 0.251 e. The Morgan fingerprint density at radius 2 is 1.76 bits per heavy atom. The number of nitrogens with zero attached hydrogens (tertiary/aromatic N) is 1. The van der Waals surface area contributed by atoms with Crippen LogP contribution in [0.1, 0.15) is 22.8 Å². The Kier molecular flexibility index (Phi) is 4.79. The second-order valence-electron chi connectivity index (χ2n) is 5.87. The average molecular weight is 337 g/mol. The van der Waals surface area contributed by atoms with E-state index in [0.29, 0.717) is 17.8 Å². The number of anilines is 2. The van der Waals surface area contributed by atoms with Crippen molar-refractivity contribution in [1.29, 1.82) is 0 Å². The molecule has 0 radical (unpaired) electrons. The van der Waals surface area contributed by atoms with Crippen molar-refractivity contribution in [2.45, 2.75) is 13.3 Å². The van der Waals surface area contributed by atoms with Crippen molar-refractivity contribution in [3.63, 3.8) is 0 Å². The molecular weight excluding hydrogens is 318 g/mol. The van der Waals surface area contributed by atoms with Crippen molar-refractivity contribution >= 4 is 29.1 Å². The van der Waals surface area contributed by atoms with E-state index in [1.54, 1.807) is 29.2 Å². The lowest BCUT2D eigenvalue weighted by Gasteiger charge is -2.17. The van der Waals surface area contributed by atoms with Crippen molar-refractivity contribution < 1.29 is 14.4 Å². The molecule has 6 nitrogen and oxygen atoms in total. The molecule has 2 N–H and O–H groups in total. The third-order valence-electron chi connectivity index (χ3n) is 4.06. The van der Waals surface area contributed by atoms with Crippen molar-refractivity contribution in [2.24, 2.45) is 0 Å². The summed E-state index contributed by atoms with van der Waals surface area (Å²) >= 11 is 0. The highest BCUT2D eigenvalue weighted by Crippen LogP contribution is 2.27. The van der Waals surface area contributed by atoms with Gasteiger partial charge in [-0.3, -0.25) is 14.4 Å². The minimum atomic E-state index is -0.324. The summed E-state index contributed by atoms with van der Waals surface area (Å²) in [5.41, 5.74) is 3.12. The van der Waals surface area contributed by atoms with E-state index in [4.69, 9.17) is 0 Å². The van der Waals surface area contributed by atoms with Gasteiger partial charge in [0, 0.05) is 30.4 Å². The van der Waals surface area contributed by atoms with Crippen LogP contribution in [0.15, 0.2) is 48.5 Å². The zero-order valence-corrected chi connectivity index (χ0v) is 13.9. The van der Waals surface area contributed by atoms with Crippen LogP contribution in [0.4, 0.5) is 11.4 Å². The van der Waals surface area contributed by atoms with Gasteiger partial charge < -0.3 is 15.5 Å². The average Bonchev–Trinajstić information content (AvgIpc) is 3.03. The number of amides is 3. The number of carbonyl (C=O) groups is 3. The van der Waals surface area contributed by atoms with E-state index < -0.39 is 0 Å². The summed E-state index contributed by atoms with van der Waals surface area (Å²) in [6.45, 7) is 2.00. The third-order valence-corrected chi connectivity index (χ3v) is 4.06. The van der Waals surface area contributed by atoms with Crippen LogP contribution in [0.2, 0.25) is 0 Å². The molecule has 3 rings (SSSR count). The molecule has 2 aromatic rings. The second-order valence-corrected chi connectivity index (χ2v) is 5.87. The zero-order chi connectivity index (χ0) is 17.8. The number of benzene rings is 2. The quantitative estimate of drug-likeness (QED) is 0.895. The summed E-state index contributed by atoms with van der Waals surface area (Å²) in [5.74, 6) is -0.628. The van der Waals surface area contributed by atoms with E-state index in [-0.39, 0.29) is 24.3 Å². The first-order chi connectivity index (χ1) is 12.0. The molecule has 0 unspecified atom stereocenters. The highest BCUT2D eigenvalue weighted by molar-refractivity contribution is 6.01. The van der Waals surface area contributed by atoms with Crippen molar-refractivity contribution in [2.75, 3.05) is 23.3 Å². The minimum Gasteiger partial charge on any atom is -0.343 e. The molecule has 0 aliphatic carbocycles. The Morgan fingerprint density at radius 1 is 1.04 bits per heavy atom. The van der Waals surface area contributed by atoms with Gasteiger partial charge >= 0.3 is 0 Å². The highest BCUT2D eigenvalue weighted by Gasteiger charge is 2.24. The molecule has 3 amide bonds. The van der Waals surface area contributed by atoms with Crippen LogP contribution in [-0.4, -0.2) is 30.8 Å². The molecule has 1 aliphatic rings. The van der Waals surface area contributed by atoms with Gasteiger partial charge in [-0.15, -0.1) is 0 Å². The van der Waals surface area contributed by atoms with Crippen molar-refractivity contribution in [3.8, 4) is 0 Å². The number of hydrogen-bond donors (Lipinski definition) is 2. The summed E-state index contributed by atoms with van der Waals surface area (Å²) in [6.07, 6.45) is 0.834. The molecule has 0 saturated carbocycles. The maximum absolute atomic E-state index is 12.4. The largest absolute Gasteiger partial charge is 0.343 e.